The number of nitrogens with zero attached hydrogens (tertiary/aromatic N) is 1. The molecule has 2 rings (SSSR count). The molecule has 1 nitrogen and oxygen atoms in total. The van der Waals surface area contributed by atoms with Gasteiger partial charge in [0.05, 0.1) is 6.54 Å². The number of rotatable bonds is 1. The Kier molecular flexibility index (Phi) is 2.69. The maximum absolute atomic E-state index is 12.2. The first-order valence-corrected chi connectivity index (χ1v) is 4.90. The summed E-state index contributed by atoms with van der Waals surface area (Å²) in [6.45, 7) is 0.105. The van der Waals surface area contributed by atoms with Crippen LogP contribution in [-0.4, -0.2) is 24.2 Å². The van der Waals surface area contributed by atoms with E-state index >= 15 is 0 Å². The smallest absolute Gasteiger partial charge is 0.290 e. The van der Waals surface area contributed by atoms with Crippen LogP contribution < -0.4 is 0 Å². The molecule has 1 aliphatic rings. The molecular formula is C11H12F3N. The van der Waals surface area contributed by atoms with Crippen LogP contribution in [0.2, 0.25) is 0 Å². The van der Waals surface area contributed by atoms with Crippen molar-refractivity contribution in [2.45, 2.75) is 19.1 Å². The molecule has 0 atom stereocenters. The van der Waals surface area contributed by atoms with Crippen molar-refractivity contribution < 1.29 is 13.2 Å². The van der Waals surface area contributed by atoms with Crippen LogP contribution >= 0.6 is 0 Å². The van der Waals surface area contributed by atoms with E-state index < -0.39 is 12.7 Å². The molecule has 0 saturated heterocycles. The zero-order chi connectivity index (χ0) is 10.9. The SMILES string of the molecule is FC(F)(F)CN1CCc2ccccc2C1. The highest BCUT2D eigenvalue weighted by molar-refractivity contribution is 5.29. The van der Waals surface area contributed by atoms with Crippen LogP contribution in [0.4, 0.5) is 13.2 Å². The van der Waals surface area contributed by atoms with Gasteiger partial charge in [0, 0.05) is 13.1 Å². The molecule has 1 aromatic carbocycles. The van der Waals surface area contributed by atoms with E-state index in [2.05, 4.69) is 0 Å². The Balaban J connectivity index is 2.06. The summed E-state index contributed by atoms with van der Waals surface area (Å²) >= 11 is 0. The summed E-state index contributed by atoms with van der Waals surface area (Å²) in [7, 11) is 0. The first-order valence-electron chi connectivity index (χ1n) is 4.90. The van der Waals surface area contributed by atoms with Crippen LogP contribution in [0.1, 0.15) is 11.1 Å². The number of alkyl halides is 3. The fraction of sp³-hybridized carbons (Fsp3) is 0.455. The lowest BCUT2D eigenvalue weighted by Gasteiger charge is -2.29. The molecule has 0 aromatic heterocycles. The number of fused-ring (bicyclic) bond motifs is 1. The second-order valence-electron chi connectivity index (χ2n) is 3.84. The van der Waals surface area contributed by atoms with Gasteiger partial charge in [0.2, 0.25) is 0 Å². The van der Waals surface area contributed by atoms with Crippen molar-refractivity contribution >= 4 is 0 Å². The second-order valence-corrected chi connectivity index (χ2v) is 3.84. The standard InChI is InChI=1S/C11H12F3N/c12-11(13,14)8-15-6-5-9-3-1-2-4-10(9)7-15/h1-4H,5-8H2. The second kappa shape index (κ2) is 3.85. The summed E-state index contributed by atoms with van der Waals surface area (Å²) in [6, 6.07) is 7.69. The summed E-state index contributed by atoms with van der Waals surface area (Å²) < 4.78 is 36.5. The Morgan fingerprint density at radius 3 is 2.47 bits per heavy atom. The summed E-state index contributed by atoms with van der Waals surface area (Å²) in [6.07, 6.45) is -3.38. The molecule has 0 aliphatic carbocycles. The molecule has 0 bridgehead atoms. The lowest BCUT2D eigenvalue weighted by molar-refractivity contribution is -0.147. The summed E-state index contributed by atoms with van der Waals surface area (Å²) in [5, 5.41) is 0. The van der Waals surface area contributed by atoms with Crippen LogP contribution in [0.5, 0.6) is 0 Å². The van der Waals surface area contributed by atoms with Crippen molar-refractivity contribution in [1.82, 2.24) is 4.90 Å². The van der Waals surface area contributed by atoms with Gasteiger partial charge in [0.15, 0.2) is 0 Å². The summed E-state index contributed by atoms with van der Waals surface area (Å²) in [5.41, 5.74) is 2.20. The first-order chi connectivity index (χ1) is 7.04. The highest BCUT2D eigenvalue weighted by Crippen LogP contribution is 2.23. The van der Waals surface area contributed by atoms with Crippen molar-refractivity contribution in [2.24, 2.45) is 0 Å². The van der Waals surface area contributed by atoms with Gasteiger partial charge in [0.25, 0.3) is 0 Å². The molecule has 0 N–H and O–H groups in total. The van der Waals surface area contributed by atoms with Gasteiger partial charge in [-0.15, -0.1) is 0 Å². The maximum Gasteiger partial charge on any atom is 0.401 e. The predicted octanol–water partition coefficient (Wildman–Crippen LogP) is 2.61. The minimum Gasteiger partial charge on any atom is -0.290 e. The predicted molar refractivity (Wildman–Crippen MR) is 51.5 cm³/mol. The molecule has 0 saturated carbocycles. The third-order valence-corrected chi connectivity index (χ3v) is 2.61. The van der Waals surface area contributed by atoms with E-state index in [9.17, 15) is 13.2 Å². The maximum atomic E-state index is 12.2. The molecular weight excluding hydrogens is 203 g/mol. The molecule has 1 aliphatic heterocycles. The average Bonchev–Trinajstić information content (AvgIpc) is 2.15. The molecule has 0 amide bonds. The van der Waals surface area contributed by atoms with E-state index in [0.717, 1.165) is 5.56 Å². The topological polar surface area (TPSA) is 3.24 Å². The van der Waals surface area contributed by atoms with Crippen LogP contribution in [-0.2, 0) is 13.0 Å². The lowest BCUT2D eigenvalue weighted by atomic mass is 10.00. The van der Waals surface area contributed by atoms with Gasteiger partial charge in [-0.25, -0.2) is 0 Å². The van der Waals surface area contributed by atoms with Gasteiger partial charge in [0.1, 0.15) is 0 Å². The normalized spacial score (nSPS) is 17.5. The highest BCUT2D eigenvalue weighted by atomic mass is 19.4. The van der Waals surface area contributed by atoms with Crippen LogP contribution in [0, 0.1) is 0 Å². The Hall–Kier alpha value is -1.03. The van der Waals surface area contributed by atoms with Crippen molar-refractivity contribution in [3.8, 4) is 0 Å². The third kappa shape index (κ3) is 2.72. The van der Waals surface area contributed by atoms with Crippen molar-refractivity contribution in [3.05, 3.63) is 35.4 Å². The molecule has 0 fully saturated rings. The number of hydrogen-bond acceptors (Lipinski definition) is 1. The van der Waals surface area contributed by atoms with E-state index in [1.807, 2.05) is 24.3 Å². The number of hydrogen-bond donors (Lipinski definition) is 0. The Morgan fingerprint density at radius 1 is 1.13 bits per heavy atom. The zero-order valence-corrected chi connectivity index (χ0v) is 8.22. The van der Waals surface area contributed by atoms with E-state index in [-0.39, 0.29) is 0 Å². The molecule has 0 radical (unpaired) electrons. The van der Waals surface area contributed by atoms with Crippen LogP contribution in [0.25, 0.3) is 0 Å². The fourth-order valence-electron chi connectivity index (χ4n) is 1.94. The molecule has 82 valence electrons. The summed E-state index contributed by atoms with van der Waals surface area (Å²) in [4.78, 5) is 1.45. The minimum atomic E-state index is -4.09. The van der Waals surface area contributed by atoms with Gasteiger partial charge < -0.3 is 0 Å². The molecule has 1 aromatic rings. The van der Waals surface area contributed by atoms with Crippen molar-refractivity contribution in [3.63, 3.8) is 0 Å². The monoisotopic (exact) mass is 215 g/mol. The van der Waals surface area contributed by atoms with Gasteiger partial charge >= 0.3 is 6.18 Å². The molecule has 0 spiro atoms. The molecule has 1 heterocycles. The van der Waals surface area contributed by atoms with Crippen molar-refractivity contribution in [1.29, 1.82) is 0 Å². The largest absolute Gasteiger partial charge is 0.401 e. The minimum absolute atomic E-state index is 0.412. The van der Waals surface area contributed by atoms with Crippen molar-refractivity contribution in [2.75, 3.05) is 13.1 Å². The van der Waals surface area contributed by atoms with E-state index in [1.54, 1.807) is 0 Å². The van der Waals surface area contributed by atoms with Gasteiger partial charge in [-0.05, 0) is 17.5 Å². The quantitative estimate of drug-likeness (QED) is 0.696. The first kappa shape index (κ1) is 10.5. The number of benzene rings is 1. The van der Waals surface area contributed by atoms with E-state index in [1.165, 1.54) is 10.5 Å². The average molecular weight is 215 g/mol. The van der Waals surface area contributed by atoms with E-state index in [4.69, 9.17) is 0 Å². The molecule has 15 heavy (non-hydrogen) atoms. The lowest BCUT2D eigenvalue weighted by Crippen LogP contribution is -2.37. The number of halogens is 3. The highest BCUT2D eigenvalue weighted by Gasteiger charge is 2.31. The van der Waals surface area contributed by atoms with Gasteiger partial charge in [-0.2, -0.15) is 13.2 Å². The molecule has 4 heteroatoms. The Bertz CT molecular complexity index is 346. The Morgan fingerprint density at radius 2 is 1.80 bits per heavy atom. The van der Waals surface area contributed by atoms with Gasteiger partial charge in [-0.3, -0.25) is 4.90 Å². The molecule has 0 unspecified atom stereocenters. The Labute approximate surface area is 86.5 Å². The van der Waals surface area contributed by atoms with Gasteiger partial charge in [-0.1, -0.05) is 24.3 Å². The summed E-state index contributed by atoms with van der Waals surface area (Å²) in [5.74, 6) is 0. The van der Waals surface area contributed by atoms with Crippen LogP contribution in [0.15, 0.2) is 24.3 Å². The zero-order valence-electron chi connectivity index (χ0n) is 8.22. The third-order valence-electron chi connectivity index (χ3n) is 2.61. The fourth-order valence-corrected chi connectivity index (χ4v) is 1.94. The van der Waals surface area contributed by atoms with Crippen LogP contribution in [0.3, 0.4) is 0 Å². The van der Waals surface area contributed by atoms with E-state index in [0.29, 0.717) is 19.5 Å².